The maximum absolute atomic E-state index is 15.1. The lowest BCUT2D eigenvalue weighted by Gasteiger charge is -2.33. The minimum Gasteiger partial charge on any atom is -0.498 e. The molecule has 2 nitrogen and oxygen atoms in total. The third kappa shape index (κ3) is 4.96. The zero-order valence-electron chi connectivity index (χ0n) is 19.8. The molecule has 4 rings (SSSR count). The second kappa shape index (κ2) is 10.8. The molecule has 0 spiro atoms. The first-order chi connectivity index (χ1) is 16.4. The summed E-state index contributed by atoms with van der Waals surface area (Å²) in [5, 5.41) is 0. The van der Waals surface area contributed by atoms with Gasteiger partial charge in [-0.25, -0.2) is 13.2 Å². The summed E-state index contributed by atoms with van der Waals surface area (Å²) in [5.41, 5.74) is -0.319. The molecule has 0 radical (unpaired) electrons. The van der Waals surface area contributed by atoms with Crippen LogP contribution >= 0.6 is 0 Å². The molecule has 0 aromatic heterocycles. The van der Waals surface area contributed by atoms with Crippen LogP contribution in [0.2, 0.25) is 0 Å². The maximum atomic E-state index is 15.1. The van der Waals surface area contributed by atoms with Crippen molar-refractivity contribution in [1.29, 1.82) is 0 Å². The van der Waals surface area contributed by atoms with Gasteiger partial charge >= 0.3 is 0 Å². The molecule has 0 bridgehead atoms. The summed E-state index contributed by atoms with van der Waals surface area (Å²) in [6.45, 7) is 4.76. The molecule has 184 valence electrons. The highest BCUT2D eigenvalue weighted by atomic mass is 19.2. The van der Waals surface area contributed by atoms with Crippen molar-refractivity contribution in [2.45, 2.75) is 64.7 Å². The molecule has 2 aliphatic rings. The van der Waals surface area contributed by atoms with E-state index >= 15 is 8.78 Å². The third-order valence-electron chi connectivity index (χ3n) is 7.15. The summed E-state index contributed by atoms with van der Waals surface area (Å²) in [6.07, 6.45) is 8.76. The van der Waals surface area contributed by atoms with Gasteiger partial charge in [-0.05, 0) is 81.1 Å². The van der Waals surface area contributed by atoms with Crippen molar-refractivity contribution in [2.75, 3.05) is 13.2 Å². The zero-order chi connectivity index (χ0) is 24.2. The predicted octanol–water partition coefficient (Wildman–Crippen LogP) is 8.30. The van der Waals surface area contributed by atoms with Crippen LogP contribution in [0.1, 0.15) is 70.3 Å². The largest absolute Gasteiger partial charge is 0.498 e. The Morgan fingerprint density at radius 3 is 2.09 bits per heavy atom. The average molecular weight is 477 g/mol. The zero-order valence-corrected chi connectivity index (χ0v) is 19.8. The number of rotatable bonds is 7. The Balaban J connectivity index is 1.47. The molecule has 1 fully saturated rings. The SMILES string of the molecule is CCCC1CC=C(C2CCC(c3ccc(-c4ccc(OCC)c(F)c4F)c(F)c3F)CC2)OC1. The number of hydrogen-bond acceptors (Lipinski definition) is 2. The van der Waals surface area contributed by atoms with Gasteiger partial charge in [0.05, 0.1) is 19.0 Å². The molecule has 6 heteroatoms. The van der Waals surface area contributed by atoms with Crippen molar-refractivity contribution in [2.24, 2.45) is 11.8 Å². The second-order valence-corrected chi connectivity index (χ2v) is 9.36. The first-order valence-electron chi connectivity index (χ1n) is 12.4. The van der Waals surface area contributed by atoms with Gasteiger partial charge in [0.1, 0.15) is 0 Å². The number of hydrogen-bond donors (Lipinski definition) is 0. The van der Waals surface area contributed by atoms with Crippen LogP contribution in [0.3, 0.4) is 0 Å². The van der Waals surface area contributed by atoms with Gasteiger partial charge in [0.25, 0.3) is 0 Å². The summed E-state index contributed by atoms with van der Waals surface area (Å²) in [7, 11) is 0. The molecule has 1 aliphatic carbocycles. The van der Waals surface area contributed by atoms with E-state index in [1.807, 2.05) is 0 Å². The monoisotopic (exact) mass is 476 g/mol. The van der Waals surface area contributed by atoms with Gasteiger partial charge < -0.3 is 9.47 Å². The Morgan fingerprint density at radius 1 is 0.824 bits per heavy atom. The van der Waals surface area contributed by atoms with E-state index in [1.54, 1.807) is 6.92 Å². The van der Waals surface area contributed by atoms with Crippen molar-refractivity contribution in [3.05, 3.63) is 64.9 Å². The smallest absolute Gasteiger partial charge is 0.201 e. The third-order valence-corrected chi connectivity index (χ3v) is 7.15. The van der Waals surface area contributed by atoms with Crippen LogP contribution in [-0.2, 0) is 4.74 Å². The van der Waals surface area contributed by atoms with E-state index in [9.17, 15) is 8.78 Å². The Hall–Kier alpha value is -2.50. The molecule has 1 atom stereocenters. The fourth-order valence-electron chi connectivity index (χ4n) is 5.30. The highest BCUT2D eigenvalue weighted by Gasteiger charge is 2.30. The molecule has 34 heavy (non-hydrogen) atoms. The van der Waals surface area contributed by atoms with Gasteiger partial charge in [0.2, 0.25) is 5.82 Å². The minimum absolute atomic E-state index is 0.112. The minimum atomic E-state index is -1.25. The van der Waals surface area contributed by atoms with Crippen LogP contribution in [0.15, 0.2) is 36.1 Å². The normalized spacial score (nSPS) is 22.8. The number of benzene rings is 2. The van der Waals surface area contributed by atoms with Crippen LogP contribution in [-0.4, -0.2) is 13.2 Å². The second-order valence-electron chi connectivity index (χ2n) is 9.36. The molecular weight excluding hydrogens is 444 g/mol. The van der Waals surface area contributed by atoms with E-state index in [4.69, 9.17) is 9.47 Å². The van der Waals surface area contributed by atoms with E-state index in [2.05, 4.69) is 13.0 Å². The molecule has 1 aliphatic heterocycles. The van der Waals surface area contributed by atoms with Crippen LogP contribution in [0.4, 0.5) is 17.6 Å². The standard InChI is InChI=1S/C28H32F4O2/c1-3-5-17-6-14-23(34-16-17)19-9-7-18(8-10-19)20-11-12-21(26(30)25(20)29)22-13-15-24(33-4-2)28(32)27(22)31/h11-15,17-19H,3-10,16H2,1-2H3. The van der Waals surface area contributed by atoms with E-state index in [-0.39, 0.29) is 29.4 Å². The molecule has 1 saturated carbocycles. The highest BCUT2D eigenvalue weighted by Crippen LogP contribution is 2.42. The van der Waals surface area contributed by atoms with E-state index in [0.29, 0.717) is 17.4 Å². The number of halogens is 4. The molecular formula is C28H32F4O2. The Morgan fingerprint density at radius 2 is 1.47 bits per heavy atom. The fourth-order valence-corrected chi connectivity index (χ4v) is 5.30. The fraction of sp³-hybridized carbons (Fsp3) is 0.500. The van der Waals surface area contributed by atoms with Gasteiger partial charge in [-0.1, -0.05) is 25.5 Å². The van der Waals surface area contributed by atoms with Crippen molar-refractivity contribution in [1.82, 2.24) is 0 Å². The van der Waals surface area contributed by atoms with Gasteiger partial charge in [-0.2, -0.15) is 4.39 Å². The summed E-state index contributed by atoms with van der Waals surface area (Å²) < 4.78 is 70.0. The quantitative estimate of drug-likeness (QED) is 0.374. The van der Waals surface area contributed by atoms with Crippen LogP contribution in [0.5, 0.6) is 5.75 Å². The lowest BCUT2D eigenvalue weighted by molar-refractivity contribution is 0.104. The van der Waals surface area contributed by atoms with Crippen LogP contribution < -0.4 is 4.74 Å². The summed E-state index contributed by atoms with van der Waals surface area (Å²) in [5.74, 6) is -2.98. The topological polar surface area (TPSA) is 18.5 Å². The van der Waals surface area contributed by atoms with E-state index in [1.165, 1.54) is 30.7 Å². The Kier molecular flexibility index (Phi) is 7.84. The number of ether oxygens (including phenoxy) is 2. The lowest BCUT2D eigenvalue weighted by atomic mass is 9.77. The maximum Gasteiger partial charge on any atom is 0.201 e. The van der Waals surface area contributed by atoms with Crippen molar-refractivity contribution >= 4 is 0 Å². The molecule has 1 unspecified atom stereocenters. The number of allylic oxidation sites excluding steroid dienone is 2. The van der Waals surface area contributed by atoms with Crippen molar-refractivity contribution < 1.29 is 27.0 Å². The van der Waals surface area contributed by atoms with Gasteiger partial charge in [0.15, 0.2) is 23.2 Å². The highest BCUT2D eigenvalue weighted by molar-refractivity contribution is 5.66. The van der Waals surface area contributed by atoms with Crippen molar-refractivity contribution in [3.8, 4) is 16.9 Å². The first kappa shape index (κ1) is 24.6. The van der Waals surface area contributed by atoms with Gasteiger partial charge in [-0.3, -0.25) is 0 Å². The van der Waals surface area contributed by atoms with Gasteiger partial charge in [-0.15, -0.1) is 0 Å². The van der Waals surface area contributed by atoms with Crippen LogP contribution in [0, 0.1) is 35.1 Å². The molecule has 2 aromatic rings. The molecule has 1 heterocycles. The van der Waals surface area contributed by atoms with Crippen LogP contribution in [0.25, 0.3) is 11.1 Å². The average Bonchev–Trinajstić information content (AvgIpc) is 2.85. The summed E-state index contributed by atoms with van der Waals surface area (Å²) in [6, 6.07) is 5.31. The summed E-state index contributed by atoms with van der Waals surface area (Å²) >= 11 is 0. The molecule has 0 amide bonds. The molecule has 0 N–H and O–H groups in total. The Labute approximate surface area is 199 Å². The summed E-state index contributed by atoms with van der Waals surface area (Å²) in [4.78, 5) is 0. The molecule has 2 aromatic carbocycles. The first-order valence-corrected chi connectivity index (χ1v) is 12.4. The van der Waals surface area contributed by atoms with Gasteiger partial charge in [0, 0.05) is 17.0 Å². The lowest BCUT2D eigenvalue weighted by Crippen LogP contribution is -2.22. The van der Waals surface area contributed by atoms with E-state index < -0.39 is 23.3 Å². The molecule has 0 saturated heterocycles. The van der Waals surface area contributed by atoms with E-state index in [0.717, 1.165) is 50.9 Å². The predicted molar refractivity (Wildman–Crippen MR) is 125 cm³/mol. The Bertz CT molecular complexity index is 1040. The van der Waals surface area contributed by atoms with Crippen molar-refractivity contribution in [3.63, 3.8) is 0 Å².